The monoisotopic (exact) mass is 227 g/mol. The van der Waals surface area contributed by atoms with Crippen molar-refractivity contribution in [2.75, 3.05) is 0 Å². The number of carbonyl (C=O) groups is 2. The summed E-state index contributed by atoms with van der Waals surface area (Å²) in [5, 5.41) is 2.76. The van der Waals surface area contributed by atoms with Crippen molar-refractivity contribution in [1.29, 1.82) is 0 Å². The first-order valence-electron chi connectivity index (χ1n) is 6.00. The standard InChI is InChI=1S/C11H21N3O2/c1-2-9(8-6-4-3-5-7-8)13-10(15)11(16)14-12/h8-9H,2-7,12H2,1H3,(H,13,15)(H,14,16). The van der Waals surface area contributed by atoms with Crippen LogP contribution in [0.5, 0.6) is 0 Å². The second kappa shape index (κ2) is 6.48. The van der Waals surface area contributed by atoms with Crippen molar-refractivity contribution in [3.63, 3.8) is 0 Å². The highest BCUT2D eigenvalue weighted by Crippen LogP contribution is 2.27. The molecule has 2 amide bonds. The van der Waals surface area contributed by atoms with E-state index >= 15 is 0 Å². The van der Waals surface area contributed by atoms with Gasteiger partial charge in [0.25, 0.3) is 0 Å². The zero-order chi connectivity index (χ0) is 12.0. The first-order chi connectivity index (χ1) is 7.69. The van der Waals surface area contributed by atoms with Crippen LogP contribution in [-0.2, 0) is 9.59 Å². The van der Waals surface area contributed by atoms with E-state index in [0.29, 0.717) is 5.92 Å². The Labute approximate surface area is 96.1 Å². The van der Waals surface area contributed by atoms with Crippen molar-refractivity contribution in [3.8, 4) is 0 Å². The molecule has 1 atom stereocenters. The predicted octanol–water partition coefficient (Wildman–Crippen LogP) is 0.451. The van der Waals surface area contributed by atoms with Crippen LogP contribution in [0.3, 0.4) is 0 Å². The van der Waals surface area contributed by atoms with Crippen LogP contribution in [0.4, 0.5) is 0 Å². The Hall–Kier alpha value is -1.10. The summed E-state index contributed by atoms with van der Waals surface area (Å²) >= 11 is 0. The molecule has 1 aliphatic carbocycles. The minimum Gasteiger partial charge on any atom is -0.345 e. The van der Waals surface area contributed by atoms with Crippen molar-refractivity contribution >= 4 is 11.8 Å². The van der Waals surface area contributed by atoms with Gasteiger partial charge in [-0.15, -0.1) is 0 Å². The zero-order valence-electron chi connectivity index (χ0n) is 9.79. The topological polar surface area (TPSA) is 84.2 Å². The summed E-state index contributed by atoms with van der Waals surface area (Å²) in [5.74, 6) is 4.02. The molecule has 4 N–H and O–H groups in total. The Balaban J connectivity index is 2.47. The number of hydrogen-bond acceptors (Lipinski definition) is 3. The lowest BCUT2D eigenvalue weighted by Gasteiger charge is -2.29. The second-order valence-corrected chi connectivity index (χ2v) is 4.36. The molecule has 0 bridgehead atoms. The largest absolute Gasteiger partial charge is 0.345 e. The van der Waals surface area contributed by atoms with Crippen LogP contribution in [0.25, 0.3) is 0 Å². The normalized spacial score (nSPS) is 18.9. The van der Waals surface area contributed by atoms with Crippen LogP contribution in [0, 0.1) is 5.92 Å². The molecular formula is C11H21N3O2. The maximum Gasteiger partial charge on any atom is 0.323 e. The minimum absolute atomic E-state index is 0.102. The van der Waals surface area contributed by atoms with Gasteiger partial charge in [-0.1, -0.05) is 26.2 Å². The highest BCUT2D eigenvalue weighted by Gasteiger charge is 2.25. The minimum atomic E-state index is -0.769. The first kappa shape index (κ1) is 13.0. The summed E-state index contributed by atoms with van der Waals surface area (Å²) in [5.41, 5.74) is 1.85. The van der Waals surface area contributed by atoms with Crippen molar-refractivity contribution in [2.24, 2.45) is 11.8 Å². The van der Waals surface area contributed by atoms with Crippen molar-refractivity contribution in [1.82, 2.24) is 10.7 Å². The lowest BCUT2D eigenvalue weighted by molar-refractivity contribution is -0.140. The summed E-state index contributed by atoms with van der Waals surface area (Å²) in [7, 11) is 0. The molecule has 5 heteroatoms. The van der Waals surface area contributed by atoms with Gasteiger partial charge in [0.2, 0.25) is 0 Å². The molecule has 1 unspecified atom stereocenters. The third kappa shape index (κ3) is 3.48. The van der Waals surface area contributed by atoms with E-state index in [2.05, 4.69) is 5.32 Å². The van der Waals surface area contributed by atoms with E-state index in [4.69, 9.17) is 5.84 Å². The van der Waals surface area contributed by atoms with E-state index in [1.807, 2.05) is 12.3 Å². The molecule has 0 aliphatic heterocycles. The third-order valence-corrected chi connectivity index (χ3v) is 3.31. The second-order valence-electron chi connectivity index (χ2n) is 4.36. The average Bonchev–Trinajstić information content (AvgIpc) is 2.35. The fourth-order valence-corrected chi connectivity index (χ4v) is 2.39. The molecule has 92 valence electrons. The van der Waals surface area contributed by atoms with E-state index in [0.717, 1.165) is 19.3 Å². The maximum atomic E-state index is 11.4. The van der Waals surface area contributed by atoms with E-state index in [1.165, 1.54) is 19.3 Å². The van der Waals surface area contributed by atoms with Crippen LogP contribution in [0.2, 0.25) is 0 Å². The lowest BCUT2D eigenvalue weighted by atomic mass is 9.83. The van der Waals surface area contributed by atoms with Gasteiger partial charge in [0, 0.05) is 6.04 Å². The highest BCUT2D eigenvalue weighted by molar-refractivity contribution is 6.34. The fourth-order valence-electron chi connectivity index (χ4n) is 2.39. The molecule has 1 saturated carbocycles. The number of hydrogen-bond donors (Lipinski definition) is 3. The van der Waals surface area contributed by atoms with Gasteiger partial charge in [0.1, 0.15) is 0 Å². The zero-order valence-corrected chi connectivity index (χ0v) is 9.79. The quantitative estimate of drug-likeness (QED) is 0.283. The van der Waals surface area contributed by atoms with Crippen LogP contribution in [-0.4, -0.2) is 17.9 Å². The van der Waals surface area contributed by atoms with Crippen LogP contribution in [0.15, 0.2) is 0 Å². The number of carbonyl (C=O) groups excluding carboxylic acids is 2. The first-order valence-corrected chi connectivity index (χ1v) is 6.00. The van der Waals surface area contributed by atoms with Gasteiger partial charge in [-0.2, -0.15) is 0 Å². The maximum absolute atomic E-state index is 11.4. The number of nitrogens with two attached hydrogens (primary N) is 1. The number of hydrazine groups is 1. The summed E-state index contributed by atoms with van der Waals surface area (Å²) < 4.78 is 0. The molecule has 0 radical (unpaired) electrons. The Morgan fingerprint density at radius 1 is 1.25 bits per heavy atom. The lowest BCUT2D eigenvalue weighted by Crippen LogP contribution is -2.49. The molecule has 0 aromatic heterocycles. The van der Waals surface area contributed by atoms with E-state index in [9.17, 15) is 9.59 Å². The SMILES string of the molecule is CCC(NC(=O)C(=O)NN)C1CCCCC1. The Morgan fingerprint density at radius 2 is 1.88 bits per heavy atom. The summed E-state index contributed by atoms with van der Waals surface area (Å²) in [6, 6.07) is 0.102. The predicted molar refractivity (Wildman–Crippen MR) is 61.1 cm³/mol. The molecule has 1 rings (SSSR count). The Kier molecular flexibility index (Phi) is 5.25. The summed E-state index contributed by atoms with van der Waals surface area (Å²) in [6.07, 6.45) is 6.87. The number of nitrogens with one attached hydrogen (secondary N) is 2. The molecular weight excluding hydrogens is 206 g/mol. The molecule has 1 aliphatic rings. The molecule has 0 saturated heterocycles. The molecule has 0 aromatic carbocycles. The molecule has 0 spiro atoms. The fraction of sp³-hybridized carbons (Fsp3) is 0.818. The van der Waals surface area contributed by atoms with Crippen molar-refractivity contribution in [2.45, 2.75) is 51.5 Å². The van der Waals surface area contributed by atoms with Gasteiger partial charge in [-0.05, 0) is 25.2 Å². The number of rotatable bonds is 3. The van der Waals surface area contributed by atoms with Gasteiger partial charge in [0.15, 0.2) is 0 Å². The Morgan fingerprint density at radius 3 is 2.38 bits per heavy atom. The van der Waals surface area contributed by atoms with Gasteiger partial charge >= 0.3 is 11.8 Å². The molecule has 0 aromatic rings. The average molecular weight is 227 g/mol. The highest BCUT2D eigenvalue weighted by atomic mass is 16.2. The smallest absolute Gasteiger partial charge is 0.323 e. The number of amides is 2. The summed E-state index contributed by atoms with van der Waals surface area (Å²) in [4.78, 5) is 22.4. The van der Waals surface area contributed by atoms with Crippen LogP contribution in [0.1, 0.15) is 45.4 Å². The molecule has 1 fully saturated rings. The van der Waals surface area contributed by atoms with E-state index < -0.39 is 11.8 Å². The summed E-state index contributed by atoms with van der Waals surface area (Å²) in [6.45, 7) is 2.03. The molecule has 5 nitrogen and oxygen atoms in total. The van der Waals surface area contributed by atoms with Gasteiger partial charge < -0.3 is 5.32 Å². The Bertz CT molecular complexity index is 250. The molecule has 0 heterocycles. The van der Waals surface area contributed by atoms with Gasteiger partial charge in [-0.3, -0.25) is 15.0 Å². The van der Waals surface area contributed by atoms with Gasteiger partial charge in [0.05, 0.1) is 0 Å². The van der Waals surface area contributed by atoms with Crippen molar-refractivity contribution in [3.05, 3.63) is 0 Å². The van der Waals surface area contributed by atoms with Gasteiger partial charge in [-0.25, -0.2) is 5.84 Å². The van der Waals surface area contributed by atoms with E-state index in [-0.39, 0.29) is 6.04 Å². The van der Waals surface area contributed by atoms with Crippen LogP contribution < -0.4 is 16.6 Å². The third-order valence-electron chi connectivity index (χ3n) is 3.31. The molecule has 16 heavy (non-hydrogen) atoms. The van der Waals surface area contributed by atoms with E-state index in [1.54, 1.807) is 0 Å². The van der Waals surface area contributed by atoms with Crippen molar-refractivity contribution < 1.29 is 9.59 Å². The van der Waals surface area contributed by atoms with Crippen LogP contribution >= 0.6 is 0 Å².